The van der Waals surface area contributed by atoms with Crippen molar-refractivity contribution in [3.05, 3.63) is 29.3 Å². The number of rotatable bonds is 3. The molecule has 0 aliphatic rings. The third-order valence-electron chi connectivity index (χ3n) is 2.47. The summed E-state index contributed by atoms with van der Waals surface area (Å²) in [6.07, 6.45) is 0.701. The summed E-state index contributed by atoms with van der Waals surface area (Å²) in [6, 6.07) is 6.10. The zero-order chi connectivity index (χ0) is 11.5. The number of benzene rings is 1. The molecule has 0 unspecified atom stereocenters. The maximum atomic E-state index is 8.91. The molecule has 0 atom stereocenters. The molecule has 0 fully saturated rings. The molecule has 0 spiro atoms. The van der Waals surface area contributed by atoms with E-state index in [1.54, 1.807) is 7.11 Å². The van der Waals surface area contributed by atoms with E-state index in [9.17, 15) is 0 Å². The van der Waals surface area contributed by atoms with Gasteiger partial charge in [0.15, 0.2) is 0 Å². The zero-order valence-corrected chi connectivity index (χ0v) is 10.0. The Kier molecular flexibility index (Phi) is 3.75. The van der Waals surface area contributed by atoms with E-state index in [1.165, 1.54) is 5.56 Å². The molecule has 0 saturated heterocycles. The molecule has 0 bridgehead atoms. The van der Waals surface area contributed by atoms with Crippen LogP contribution in [-0.4, -0.2) is 18.8 Å². The van der Waals surface area contributed by atoms with Gasteiger partial charge in [-0.2, -0.15) is 0 Å². The van der Waals surface area contributed by atoms with Gasteiger partial charge in [-0.25, -0.2) is 0 Å². The van der Waals surface area contributed by atoms with Crippen molar-refractivity contribution in [3.63, 3.8) is 0 Å². The number of hydrogen-bond acceptors (Lipinski definition) is 2. The van der Waals surface area contributed by atoms with Crippen molar-refractivity contribution in [1.29, 1.82) is 0 Å². The topological polar surface area (TPSA) is 29.5 Å². The third-order valence-corrected chi connectivity index (χ3v) is 2.47. The van der Waals surface area contributed by atoms with Crippen molar-refractivity contribution >= 4 is 0 Å². The Morgan fingerprint density at radius 1 is 1.27 bits per heavy atom. The van der Waals surface area contributed by atoms with Gasteiger partial charge in [-0.05, 0) is 29.0 Å². The predicted octanol–water partition coefficient (Wildman–Crippen LogP) is 2.53. The molecule has 1 aromatic carbocycles. The normalized spacial score (nSPS) is 11.5. The average molecular weight is 208 g/mol. The Bertz CT molecular complexity index is 324. The highest BCUT2D eigenvalue weighted by molar-refractivity contribution is 5.41. The van der Waals surface area contributed by atoms with E-state index in [0.717, 1.165) is 11.3 Å². The van der Waals surface area contributed by atoms with Gasteiger partial charge in [-0.1, -0.05) is 32.9 Å². The summed E-state index contributed by atoms with van der Waals surface area (Å²) in [7, 11) is 1.69. The van der Waals surface area contributed by atoms with Crippen LogP contribution in [0.5, 0.6) is 5.75 Å². The molecule has 0 aliphatic carbocycles. The van der Waals surface area contributed by atoms with E-state index in [1.807, 2.05) is 12.1 Å². The second kappa shape index (κ2) is 4.67. The number of ether oxygens (including phenoxy) is 1. The van der Waals surface area contributed by atoms with Gasteiger partial charge < -0.3 is 9.84 Å². The van der Waals surface area contributed by atoms with Crippen molar-refractivity contribution < 1.29 is 9.84 Å². The van der Waals surface area contributed by atoms with Crippen LogP contribution in [0.4, 0.5) is 0 Å². The highest BCUT2D eigenvalue weighted by atomic mass is 16.5. The Hall–Kier alpha value is -1.02. The Balaban J connectivity index is 3.13. The zero-order valence-electron chi connectivity index (χ0n) is 10.0. The lowest BCUT2D eigenvalue weighted by Crippen LogP contribution is -2.13. The van der Waals surface area contributed by atoms with E-state index < -0.39 is 0 Å². The molecule has 1 rings (SSSR count). The fourth-order valence-corrected chi connectivity index (χ4v) is 1.63. The van der Waals surface area contributed by atoms with Crippen LogP contribution >= 0.6 is 0 Å². The molecule has 2 nitrogen and oxygen atoms in total. The summed E-state index contributed by atoms with van der Waals surface area (Å²) >= 11 is 0. The molecule has 1 aromatic rings. The van der Waals surface area contributed by atoms with E-state index >= 15 is 0 Å². The summed E-state index contributed by atoms with van der Waals surface area (Å²) in [5, 5.41) is 8.91. The average Bonchev–Trinajstić information content (AvgIpc) is 2.17. The Labute approximate surface area is 91.9 Å². The molecule has 2 heteroatoms. The lowest BCUT2D eigenvalue weighted by molar-refractivity contribution is 0.299. The fourth-order valence-electron chi connectivity index (χ4n) is 1.63. The van der Waals surface area contributed by atoms with Crippen LogP contribution in [-0.2, 0) is 11.8 Å². The minimum atomic E-state index is 0.0663. The van der Waals surface area contributed by atoms with Crippen LogP contribution in [0.3, 0.4) is 0 Å². The Morgan fingerprint density at radius 3 is 2.40 bits per heavy atom. The first-order chi connectivity index (χ1) is 6.99. The first-order valence-corrected chi connectivity index (χ1v) is 5.27. The highest BCUT2D eigenvalue weighted by Crippen LogP contribution is 2.31. The molecule has 0 heterocycles. The lowest BCUT2D eigenvalue weighted by Gasteiger charge is -2.22. The quantitative estimate of drug-likeness (QED) is 0.827. The Morgan fingerprint density at radius 2 is 1.93 bits per heavy atom. The largest absolute Gasteiger partial charge is 0.496 e. The van der Waals surface area contributed by atoms with Gasteiger partial charge >= 0.3 is 0 Å². The molecule has 0 radical (unpaired) electrons. The third kappa shape index (κ3) is 2.96. The molecule has 0 aromatic heterocycles. The molecule has 0 amide bonds. The van der Waals surface area contributed by atoms with Crippen LogP contribution in [0.25, 0.3) is 0 Å². The van der Waals surface area contributed by atoms with E-state index in [-0.39, 0.29) is 12.0 Å². The van der Waals surface area contributed by atoms with Gasteiger partial charge in [0.2, 0.25) is 0 Å². The molecule has 84 valence electrons. The van der Waals surface area contributed by atoms with E-state index in [0.29, 0.717) is 6.42 Å². The molecular weight excluding hydrogens is 188 g/mol. The minimum Gasteiger partial charge on any atom is -0.496 e. The molecule has 0 saturated carbocycles. The van der Waals surface area contributed by atoms with Crippen LogP contribution in [0.15, 0.2) is 18.2 Å². The first kappa shape index (κ1) is 12.1. The monoisotopic (exact) mass is 208 g/mol. The predicted molar refractivity (Wildman–Crippen MR) is 62.5 cm³/mol. The molecular formula is C13H20O2. The van der Waals surface area contributed by atoms with Crippen molar-refractivity contribution in [3.8, 4) is 5.75 Å². The maximum Gasteiger partial charge on any atom is 0.122 e. The van der Waals surface area contributed by atoms with Crippen LogP contribution < -0.4 is 4.74 Å². The maximum absolute atomic E-state index is 8.91. The molecule has 15 heavy (non-hydrogen) atoms. The van der Waals surface area contributed by atoms with Gasteiger partial charge in [0.25, 0.3) is 0 Å². The number of methoxy groups -OCH3 is 1. The summed E-state index contributed by atoms with van der Waals surface area (Å²) in [5.41, 5.74) is 2.41. The fraction of sp³-hybridized carbons (Fsp3) is 0.538. The van der Waals surface area contributed by atoms with Gasteiger partial charge in [-0.3, -0.25) is 0 Å². The van der Waals surface area contributed by atoms with Crippen molar-refractivity contribution in [1.82, 2.24) is 0 Å². The SMILES string of the molecule is COc1ccc(CCO)cc1C(C)(C)C. The standard InChI is InChI=1S/C13H20O2/c1-13(2,3)11-9-10(7-8-14)5-6-12(11)15-4/h5-6,9,14H,7-8H2,1-4H3. The van der Waals surface area contributed by atoms with Crippen molar-refractivity contribution in [2.75, 3.05) is 13.7 Å². The molecule has 1 N–H and O–H groups in total. The summed E-state index contributed by atoms with van der Waals surface area (Å²) < 4.78 is 5.34. The number of hydrogen-bond donors (Lipinski definition) is 1. The second-order valence-corrected chi connectivity index (χ2v) is 4.76. The van der Waals surface area contributed by atoms with Crippen molar-refractivity contribution in [2.45, 2.75) is 32.6 Å². The summed E-state index contributed by atoms with van der Waals surface area (Å²) in [6.45, 7) is 6.67. The van der Waals surface area contributed by atoms with Crippen LogP contribution in [0, 0.1) is 0 Å². The first-order valence-electron chi connectivity index (χ1n) is 5.27. The van der Waals surface area contributed by atoms with E-state index in [4.69, 9.17) is 9.84 Å². The number of aliphatic hydroxyl groups is 1. The minimum absolute atomic E-state index is 0.0663. The lowest BCUT2D eigenvalue weighted by atomic mass is 9.85. The van der Waals surface area contributed by atoms with Gasteiger partial charge in [0.1, 0.15) is 5.75 Å². The van der Waals surface area contributed by atoms with Crippen LogP contribution in [0.2, 0.25) is 0 Å². The van der Waals surface area contributed by atoms with Crippen molar-refractivity contribution in [2.24, 2.45) is 0 Å². The van der Waals surface area contributed by atoms with Gasteiger partial charge in [0.05, 0.1) is 7.11 Å². The second-order valence-electron chi connectivity index (χ2n) is 4.76. The number of aliphatic hydroxyl groups excluding tert-OH is 1. The van der Waals surface area contributed by atoms with E-state index in [2.05, 4.69) is 26.8 Å². The van der Waals surface area contributed by atoms with Gasteiger partial charge in [0, 0.05) is 6.61 Å². The summed E-state index contributed by atoms with van der Waals surface area (Å²) in [5.74, 6) is 0.921. The molecule has 0 aliphatic heterocycles. The summed E-state index contributed by atoms with van der Waals surface area (Å²) in [4.78, 5) is 0. The smallest absolute Gasteiger partial charge is 0.122 e. The highest BCUT2D eigenvalue weighted by Gasteiger charge is 2.18. The van der Waals surface area contributed by atoms with Crippen LogP contribution in [0.1, 0.15) is 31.9 Å². The van der Waals surface area contributed by atoms with Gasteiger partial charge in [-0.15, -0.1) is 0 Å².